The molecule has 0 amide bonds. The van der Waals surface area contributed by atoms with Gasteiger partial charge in [-0.2, -0.15) is 0 Å². The Labute approximate surface area is 143 Å². The Morgan fingerprint density at radius 2 is 1.67 bits per heavy atom. The fourth-order valence-electron chi connectivity index (χ4n) is 2.07. The van der Waals surface area contributed by atoms with Crippen LogP contribution in [0.2, 0.25) is 5.02 Å². The number of alkyl halides is 1. The Bertz CT molecular complexity index is 659. The van der Waals surface area contributed by atoms with Gasteiger partial charge in [0.05, 0.1) is 19.6 Å². The van der Waals surface area contributed by atoms with Gasteiger partial charge >= 0.3 is 0 Å². The lowest BCUT2D eigenvalue weighted by Crippen LogP contribution is -1.98. The van der Waals surface area contributed by atoms with Crippen LogP contribution in [0.5, 0.6) is 11.5 Å². The molecule has 5 heteroatoms. The number of hydrogen-bond donors (Lipinski definition) is 0. The highest BCUT2D eigenvalue weighted by Gasteiger charge is 2.18. The van der Waals surface area contributed by atoms with Crippen molar-refractivity contribution < 1.29 is 9.47 Å². The predicted octanol–water partition coefficient (Wildman–Crippen LogP) is 5.76. The van der Waals surface area contributed by atoms with E-state index >= 15 is 0 Å². The number of methoxy groups -OCH3 is 2. The Morgan fingerprint density at radius 1 is 1.05 bits per heavy atom. The molecule has 0 aliphatic heterocycles. The predicted molar refractivity (Wildman–Crippen MR) is 91.1 cm³/mol. The van der Waals surface area contributed by atoms with Gasteiger partial charge in [0.1, 0.15) is 0 Å². The van der Waals surface area contributed by atoms with Crippen LogP contribution >= 0.6 is 39.1 Å². The van der Waals surface area contributed by atoms with Crippen LogP contribution in [0.4, 0.5) is 0 Å². The van der Waals surface area contributed by atoms with Crippen molar-refractivity contribution in [2.24, 2.45) is 0 Å². The summed E-state index contributed by atoms with van der Waals surface area (Å²) in [7, 11) is 3.20. The van der Waals surface area contributed by atoms with E-state index in [2.05, 4.69) is 15.9 Å². The van der Waals surface area contributed by atoms with Crippen molar-refractivity contribution in [3.05, 3.63) is 56.5 Å². The van der Waals surface area contributed by atoms with E-state index in [1.807, 2.05) is 37.3 Å². The first-order chi connectivity index (χ1) is 9.97. The molecule has 2 aromatic rings. The van der Waals surface area contributed by atoms with Crippen LogP contribution in [-0.4, -0.2) is 14.2 Å². The summed E-state index contributed by atoms with van der Waals surface area (Å²) in [5.41, 5.74) is 2.89. The molecule has 2 aromatic carbocycles. The van der Waals surface area contributed by atoms with Crippen molar-refractivity contribution in [3.63, 3.8) is 0 Å². The fraction of sp³-hybridized carbons (Fsp3) is 0.250. The lowest BCUT2D eigenvalue weighted by molar-refractivity contribution is 0.354. The molecule has 21 heavy (non-hydrogen) atoms. The maximum atomic E-state index is 6.62. The van der Waals surface area contributed by atoms with Gasteiger partial charge in [-0.3, -0.25) is 0 Å². The number of rotatable bonds is 4. The third-order valence-corrected chi connectivity index (χ3v) is 4.85. The van der Waals surface area contributed by atoms with Crippen LogP contribution in [0.1, 0.15) is 22.1 Å². The number of ether oxygens (including phenoxy) is 2. The summed E-state index contributed by atoms with van der Waals surface area (Å²) < 4.78 is 11.5. The standard InChI is InChI=1S/C16H15BrCl2O2/c1-9-6-10(4-5-13(9)18)16(19)11-7-14(20-2)15(21-3)8-12(11)17/h4-8,16H,1-3H3. The lowest BCUT2D eigenvalue weighted by atomic mass is 10.0. The molecule has 0 bridgehead atoms. The van der Waals surface area contributed by atoms with Gasteiger partial charge in [0, 0.05) is 9.50 Å². The third-order valence-electron chi connectivity index (χ3n) is 3.25. The van der Waals surface area contributed by atoms with E-state index in [-0.39, 0.29) is 5.38 Å². The summed E-state index contributed by atoms with van der Waals surface area (Å²) >= 11 is 16.2. The van der Waals surface area contributed by atoms with Crippen LogP contribution in [-0.2, 0) is 0 Å². The Kier molecular flexibility index (Phi) is 5.42. The zero-order valence-corrected chi connectivity index (χ0v) is 15.0. The van der Waals surface area contributed by atoms with Crippen LogP contribution in [0.3, 0.4) is 0 Å². The molecule has 1 atom stereocenters. The normalized spacial score (nSPS) is 12.1. The Morgan fingerprint density at radius 3 is 2.24 bits per heavy atom. The summed E-state index contributed by atoms with van der Waals surface area (Å²) in [6, 6.07) is 9.51. The molecule has 2 rings (SSSR count). The average molecular weight is 390 g/mol. The van der Waals surface area contributed by atoms with Gasteiger partial charge in [0.2, 0.25) is 0 Å². The summed E-state index contributed by atoms with van der Waals surface area (Å²) in [5.74, 6) is 1.30. The van der Waals surface area contributed by atoms with Crippen molar-refractivity contribution in [2.75, 3.05) is 14.2 Å². The molecule has 1 unspecified atom stereocenters. The Balaban J connectivity index is 2.47. The van der Waals surface area contributed by atoms with Crippen LogP contribution in [0.25, 0.3) is 0 Å². The van der Waals surface area contributed by atoms with Gasteiger partial charge in [-0.25, -0.2) is 0 Å². The summed E-state index contributed by atoms with van der Waals surface area (Å²) in [6.07, 6.45) is 0. The number of aryl methyl sites for hydroxylation is 1. The highest BCUT2D eigenvalue weighted by atomic mass is 79.9. The first-order valence-electron chi connectivity index (χ1n) is 6.29. The number of hydrogen-bond acceptors (Lipinski definition) is 2. The molecule has 0 spiro atoms. The van der Waals surface area contributed by atoms with Crippen molar-refractivity contribution in [2.45, 2.75) is 12.3 Å². The van der Waals surface area contributed by atoms with E-state index in [1.165, 1.54) is 0 Å². The molecule has 0 N–H and O–H groups in total. The van der Waals surface area contributed by atoms with E-state index in [9.17, 15) is 0 Å². The highest BCUT2D eigenvalue weighted by Crippen LogP contribution is 2.41. The number of benzene rings is 2. The maximum Gasteiger partial charge on any atom is 0.161 e. The Hall–Kier alpha value is -0.900. The van der Waals surface area contributed by atoms with Crippen molar-refractivity contribution in [1.82, 2.24) is 0 Å². The van der Waals surface area contributed by atoms with Gasteiger partial charge in [0.25, 0.3) is 0 Å². The quantitative estimate of drug-likeness (QED) is 0.619. The second-order valence-electron chi connectivity index (χ2n) is 4.60. The summed E-state index contributed by atoms with van der Waals surface area (Å²) in [4.78, 5) is 0. The van der Waals surface area contributed by atoms with Gasteiger partial charge in [-0.05, 0) is 41.8 Å². The molecule has 0 saturated carbocycles. The van der Waals surface area contributed by atoms with E-state index in [0.717, 1.165) is 26.2 Å². The van der Waals surface area contributed by atoms with Crippen molar-refractivity contribution in [1.29, 1.82) is 0 Å². The molecular weight excluding hydrogens is 375 g/mol. The average Bonchev–Trinajstić information content (AvgIpc) is 2.49. The van der Waals surface area contributed by atoms with Crippen LogP contribution in [0.15, 0.2) is 34.8 Å². The molecule has 0 saturated heterocycles. The molecule has 0 fully saturated rings. The molecule has 2 nitrogen and oxygen atoms in total. The first-order valence-corrected chi connectivity index (χ1v) is 7.90. The minimum atomic E-state index is -0.310. The molecule has 0 heterocycles. The van der Waals surface area contributed by atoms with Crippen molar-refractivity contribution in [3.8, 4) is 11.5 Å². The smallest absolute Gasteiger partial charge is 0.161 e. The van der Waals surface area contributed by atoms with E-state index in [0.29, 0.717) is 11.5 Å². The van der Waals surface area contributed by atoms with Gasteiger partial charge in [-0.15, -0.1) is 11.6 Å². The van der Waals surface area contributed by atoms with E-state index in [1.54, 1.807) is 14.2 Å². The SMILES string of the molecule is COc1cc(Br)c(C(Cl)c2ccc(Cl)c(C)c2)cc1OC. The molecule has 112 valence electrons. The second kappa shape index (κ2) is 6.91. The van der Waals surface area contributed by atoms with Gasteiger partial charge in [-0.1, -0.05) is 39.7 Å². The second-order valence-corrected chi connectivity index (χ2v) is 6.30. The highest BCUT2D eigenvalue weighted by molar-refractivity contribution is 9.10. The van der Waals surface area contributed by atoms with E-state index in [4.69, 9.17) is 32.7 Å². The third kappa shape index (κ3) is 3.47. The number of halogens is 3. The van der Waals surface area contributed by atoms with Gasteiger partial charge < -0.3 is 9.47 Å². The van der Waals surface area contributed by atoms with Gasteiger partial charge in [0.15, 0.2) is 11.5 Å². The summed E-state index contributed by atoms with van der Waals surface area (Å²) in [6.45, 7) is 1.96. The van der Waals surface area contributed by atoms with Crippen molar-refractivity contribution >= 4 is 39.1 Å². The molecular formula is C16H15BrCl2O2. The molecule has 0 aliphatic rings. The molecule has 0 aliphatic carbocycles. The van der Waals surface area contributed by atoms with Crippen LogP contribution < -0.4 is 9.47 Å². The van der Waals surface area contributed by atoms with E-state index < -0.39 is 0 Å². The minimum absolute atomic E-state index is 0.310. The first kappa shape index (κ1) is 16.5. The zero-order valence-electron chi connectivity index (χ0n) is 11.9. The zero-order chi connectivity index (χ0) is 15.6. The molecule has 0 radical (unpaired) electrons. The largest absolute Gasteiger partial charge is 0.493 e. The topological polar surface area (TPSA) is 18.5 Å². The maximum absolute atomic E-state index is 6.62. The monoisotopic (exact) mass is 388 g/mol. The van der Waals surface area contributed by atoms with Crippen LogP contribution in [0, 0.1) is 6.92 Å². The summed E-state index contributed by atoms with van der Waals surface area (Å²) in [5, 5.41) is 0.421. The molecule has 0 aromatic heterocycles. The minimum Gasteiger partial charge on any atom is -0.493 e. The lowest BCUT2D eigenvalue weighted by Gasteiger charge is -2.16. The fourth-order valence-corrected chi connectivity index (χ4v) is 3.19.